The molecule has 1 radical (unpaired) electrons. The predicted molar refractivity (Wildman–Crippen MR) is 60.1 cm³/mol. The van der Waals surface area contributed by atoms with Gasteiger partial charge in [-0.15, -0.1) is 11.8 Å². The zero-order valence-electron chi connectivity index (χ0n) is 8.33. The summed E-state index contributed by atoms with van der Waals surface area (Å²) in [6.45, 7) is 2.18. The van der Waals surface area contributed by atoms with Crippen LogP contribution in [0, 0.1) is 0 Å². The van der Waals surface area contributed by atoms with E-state index in [0.29, 0.717) is 5.75 Å². The van der Waals surface area contributed by atoms with Crippen molar-refractivity contribution in [2.45, 2.75) is 45.4 Å². The molecule has 2 nitrogen and oxygen atoms in total. The first-order valence-electron chi connectivity index (χ1n) is 4.73. The first-order valence-corrected chi connectivity index (χ1v) is 8.95. The molecule has 14 heavy (non-hydrogen) atoms. The van der Waals surface area contributed by atoms with Crippen molar-refractivity contribution in [2.75, 3.05) is 5.75 Å². The third kappa shape index (κ3) is 15.9. The van der Waals surface area contributed by atoms with Gasteiger partial charge in [-0.2, -0.15) is 17.1 Å². The van der Waals surface area contributed by atoms with Crippen LogP contribution in [0.1, 0.15) is 45.4 Å². The minimum atomic E-state index is -3.48. The van der Waals surface area contributed by atoms with Crippen LogP contribution in [-0.2, 0) is 28.9 Å². The largest absolute Gasteiger partial charge is 2.00 e. The quantitative estimate of drug-likeness (QED) is 0.391. The smallest absolute Gasteiger partial charge is 0.825 e. The molecule has 0 atom stereocenters. The first kappa shape index (κ1) is 17.8. The molecule has 0 aromatic heterocycles. The van der Waals surface area contributed by atoms with E-state index in [2.05, 4.69) is 18.7 Å². The molecule has 0 aliphatic carbocycles. The van der Waals surface area contributed by atoms with E-state index in [-0.39, 0.29) is 17.1 Å². The normalized spacial score (nSPS) is 11.1. The molecule has 0 saturated carbocycles. The Kier molecular flexibility index (Phi) is 13.9. The second-order valence-electron chi connectivity index (χ2n) is 3.05. The second-order valence-corrected chi connectivity index (χ2v) is 8.96. The van der Waals surface area contributed by atoms with E-state index in [4.69, 9.17) is 0 Å². The number of rotatable bonds is 8. The van der Waals surface area contributed by atoms with Crippen LogP contribution in [0.3, 0.4) is 0 Å². The summed E-state index contributed by atoms with van der Waals surface area (Å²) in [5.74, 6) is 0.663. The summed E-state index contributed by atoms with van der Waals surface area (Å²) in [5, 5.41) is 0. The van der Waals surface area contributed by atoms with Gasteiger partial charge in [-0.1, -0.05) is 39.0 Å². The number of hydrogen-bond donors (Lipinski definition) is 0. The number of unbranched alkanes of at least 4 members (excludes halogenated alkanes) is 5. The van der Waals surface area contributed by atoms with Crippen LogP contribution in [-0.4, -0.2) is 5.75 Å². The predicted octanol–water partition coefficient (Wildman–Crippen LogP) is 2.02. The summed E-state index contributed by atoms with van der Waals surface area (Å²) in [4.78, 5) is 21.1. The molecule has 0 aromatic rings. The van der Waals surface area contributed by atoms with Gasteiger partial charge < -0.3 is 9.79 Å². The van der Waals surface area contributed by atoms with Crippen molar-refractivity contribution in [1.82, 2.24) is 0 Å². The van der Waals surface area contributed by atoms with Gasteiger partial charge in [0.05, 0.1) is 0 Å². The van der Waals surface area contributed by atoms with Crippen molar-refractivity contribution in [3.63, 3.8) is 0 Å². The van der Waals surface area contributed by atoms with Crippen LogP contribution in [0.25, 0.3) is 0 Å². The van der Waals surface area contributed by atoms with Crippen molar-refractivity contribution >= 4 is 28.9 Å². The Morgan fingerprint density at radius 2 is 1.57 bits per heavy atom. The molecule has 6 heteroatoms. The van der Waals surface area contributed by atoms with Gasteiger partial charge in [-0.05, 0) is 12.2 Å². The van der Waals surface area contributed by atoms with Gasteiger partial charge in [-0.3, -0.25) is 0 Å². The van der Waals surface area contributed by atoms with Gasteiger partial charge >= 0.3 is 17.1 Å². The van der Waals surface area contributed by atoms with Crippen LogP contribution >= 0.6 is 17.1 Å². The molecule has 0 spiro atoms. The van der Waals surface area contributed by atoms with Crippen molar-refractivity contribution in [3.8, 4) is 0 Å². The van der Waals surface area contributed by atoms with Gasteiger partial charge in [0.2, 0.25) is 0 Å². The summed E-state index contributed by atoms with van der Waals surface area (Å²) in [6, 6.07) is 0. The standard InChI is InChI=1S/C8H19O2PS2.Cu/c1-2-3-4-5-6-7-8-13-11(9,10)12;/h2-8H2,1H3,(H2,9,10,12);/q;+2/p-2. The van der Waals surface area contributed by atoms with E-state index in [1.807, 2.05) is 0 Å². The maximum atomic E-state index is 10.6. The average Bonchev–Trinajstić information content (AvgIpc) is 2.01. The molecule has 0 aliphatic rings. The SMILES string of the molecule is CCCCCCCCSP([O-])([O-])=S.[Cu+2]. The zero-order valence-corrected chi connectivity index (χ0v) is 11.8. The van der Waals surface area contributed by atoms with Gasteiger partial charge in [0, 0.05) is 0 Å². The molecule has 0 unspecified atom stereocenters. The van der Waals surface area contributed by atoms with E-state index < -0.39 is 5.69 Å². The summed E-state index contributed by atoms with van der Waals surface area (Å²) >= 11 is 5.18. The van der Waals surface area contributed by atoms with Crippen LogP contribution in [0.2, 0.25) is 0 Å². The Morgan fingerprint density at radius 3 is 2.07 bits per heavy atom. The Bertz CT molecular complexity index is 163. The summed E-state index contributed by atoms with van der Waals surface area (Å²) in [6.07, 6.45) is 7.11. The zero-order chi connectivity index (χ0) is 10.2. The first-order chi connectivity index (χ1) is 6.06. The third-order valence-electron chi connectivity index (χ3n) is 1.75. The maximum absolute atomic E-state index is 10.6. The molecule has 0 amide bonds. The fourth-order valence-electron chi connectivity index (χ4n) is 1.06. The Hall–Kier alpha value is 1.44. The Labute approximate surface area is 107 Å². The van der Waals surface area contributed by atoms with Gasteiger partial charge in [0.1, 0.15) is 0 Å². The van der Waals surface area contributed by atoms with Crippen molar-refractivity contribution in [3.05, 3.63) is 0 Å². The monoisotopic (exact) mass is 303 g/mol. The molecule has 0 N–H and O–H groups in total. The average molecular weight is 304 g/mol. The number of hydrogen-bond acceptors (Lipinski definition) is 4. The van der Waals surface area contributed by atoms with E-state index in [1.54, 1.807) is 0 Å². The van der Waals surface area contributed by atoms with Crippen molar-refractivity contribution in [2.24, 2.45) is 0 Å². The molecule has 0 aliphatic heterocycles. The van der Waals surface area contributed by atoms with Crippen LogP contribution < -0.4 is 9.79 Å². The Balaban J connectivity index is 0. The van der Waals surface area contributed by atoms with Gasteiger partial charge in [-0.25, -0.2) is 0 Å². The molecular weight excluding hydrogens is 287 g/mol. The molecule has 0 bridgehead atoms. The topological polar surface area (TPSA) is 46.1 Å². The van der Waals surface area contributed by atoms with Crippen LogP contribution in [0.15, 0.2) is 0 Å². The van der Waals surface area contributed by atoms with E-state index in [9.17, 15) is 9.79 Å². The molecule has 0 aromatic carbocycles. The molecule has 89 valence electrons. The van der Waals surface area contributed by atoms with E-state index in [1.165, 1.54) is 25.7 Å². The molecule has 0 heterocycles. The van der Waals surface area contributed by atoms with Crippen molar-refractivity contribution < 1.29 is 26.9 Å². The van der Waals surface area contributed by atoms with E-state index in [0.717, 1.165) is 24.2 Å². The summed E-state index contributed by atoms with van der Waals surface area (Å²) in [5.41, 5.74) is -3.48. The fourth-order valence-corrected chi connectivity index (χ4v) is 3.34. The molecule has 0 rings (SSSR count). The molecule has 0 saturated heterocycles. The van der Waals surface area contributed by atoms with E-state index >= 15 is 0 Å². The van der Waals surface area contributed by atoms with Crippen molar-refractivity contribution in [1.29, 1.82) is 0 Å². The molecular formula is C8H17CuO2PS2. The third-order valence-corrected chi connectivity index (χ3v) is 4.98. The van der Waals surface area contributed by atoms with Crippen LogP contribution in [0.5, 0.6) is 0 Å². The Morgan fingerprint density at radius 1 is 1.07 bits per heavy atom. The van der Waals surface area contributed by atoms with Gasteiger partial charge in [0.15, 0.2) is 0 Å². The summed E-state index contributed by atoms with van der Waals surface area (Å²) in [7, 11) is 0. The summed E-state index contributed by atoms with van der Waals surface area (Å²) < 4.78 is 0. The minimum absolute atomic E-state index is 0. The minimum Gasteiger partial charge on any atom is -0.825 e. The van der Waals surface area contributed by atoms with Gasteiger partial charge in [0.25, 0.3) is 0 Å². The van der Waals surface area contributed by atoms with Crippen LogP contribution in [0.4, 0.5) is 0 Å². The maximum Gasteiger partial charge on any atom is 2.00 e. The molecule has 0 fully saturated rings. The fraction of sp³-hybridized carbons (Fsp3) is 1.00. The second kappa shape index (κ2) is 10.9.